The Kier molecular flexibility index (Phi) is 3.36. The zero-order valence-electron chi connectivity index (χ0n) is 11.4. The van der Waals surface area contributed by atoms with E-state index >= 15 is 0 Å². The van der Waals surface area contributed by atoms with Crippen LogP contribution in [0.3, 0.4) is 0 Å². The number of hydrogen-bond acceptors (Lipinski definition) is 4. The van der Waals surface area contributed by atoms with Gasteiger partial charge in [0.1, 0.15) is 4.90 Å². The molecule has 1 aromatic rings. The van der Waals surface area contributed by atoms with Gasteiger partial charge < -0.3 is 10.8 Å². The molecular formula is C13H20N2O3S. The maximum Gasteiger partial charge on any atom is 0.245 e. The molecule has 1 aromatic carbocycles. The summed E-state index contributed by atoms with van der Waals surface area (Å²) in [6.45, 7) is 5.73. The van der Waals surface area contributed by atoms with Crippen LogP contribution in [0.4, 0.5) is 5.69 Å². The molecule has 0 spiro atoms. The number of nitrogens with two attached hydrogens (primary N) is 1. The highest BCUT2D eigenvalue weighted by molar-refractivity contribution is 7.89. The van der Waals surface area contributed by atoms with Crippen molar-refractivity contribution >= 4 is 15.7 Å². The second-order valence-electron chi connectivity index (χ2n) is 5.52. The maximum absolute atomic E-state index is 12.5. The monoisotopic (exact) mass is 284 g/mol. The number of sulfonamides is 1. The van der Waals surface area contributed by atoms with E-state index in [2.05, 4.69) is 0 Å². The summed E-state index contributed by atoms with van der Waals surface area (Å²) in [5, 5.41) is 10.2. The van der Waals surface area contributed by atoms with Crippen molar-refractivity contribution in [2.75, 3.05) is 18.8 Å². The van der Waals surface area contributed by atoms with E-state index in [0.29, 0.717) is 5.56 Å². The predicted molar refractivity (Wildman–Crippen MR) is 74.1 cm³/mol. The first kappa shape index (κ1) is 14.3. The summed E-state index contributed by atoms with van der Waals surface area (Å²) in [7, 11) is -3.62. The molecule has 0 radical (unpaired) electrons. The topological polar surface area (TPSA) is 83.6 Å². The van der Waals surface area contributed by atoms with E-state index in [-0.39, 0.29) is 29.6 Å². The van der Waals surface area contributed by atoms with E-state index in [1.54, 1.807) is 25.1 Å². The van der Waals surface area contributed by atoms with Gasteiger partial charge in [-0.2, -0.15) is 4.31 Å². The molecular weight excluding hydrogens is 264 g/mol. The van der Waals surface area contributed by atoms with E-state index < -0.39 is 15.6 Å². The fourth-order valence-corrected chi connectivity index (χ4v) is 4.14. The van der Waals surface area contributed by atoms with Crippen molar-refractivity contribution in [2.24, 2.45) is 5.92 Å². The van der Waals surface area contributed by atoms with Crippen LogP contribution in [0.5, 0.6) is 0 Å². The Labute approximate surface area is 114 Å². The van der Waals surface area contributed by atoms with Crippen molar-refractivity contribution in [1.82, 2.24) is 4.31 Å². The number of benzene rings is 1. The molecule has 5 nitrogen and oxygen atoms in total. The Balaban J connectivity index is 2.32. The molecule has 1 aliphatic rings. The molecule has 3 N–H and O–H groups in total. The number of nitrogens with zero attached hydrogens (tertiary/aromatic N) is 1. The fraction of sp³-hybridized carbons (Fsp3) is 0.538. The van der Waals surface area contributed by atoms with Crippen molar-refractivity contribution in [3.8, 4) is 0 Å². The van der Waals surface area contributed by atoms with Crippen molar-refractivity contribution < 1.29 is 13.5 Å². The van der Waals surface area contributed by atoms with Gasteiger partial charge in [0.15, 0.2) is 0 Å². The third-order valence-corrected chi connectivity index (χ3v) is 5.83. The lowest BCUT2D eigenvalue weighted by Crippen LogP contribution is -2.65. The largest absolute Gasteiger partial charge is 0.398 e. The third kappa shape index (κ3) is 2.24. The lowest BCUT2D eigenvalue weighted by atomic mass is 9.85. The zero-order valence-corrected chi connectivity index (χ0v) is 12.2. The first-order valence-electron chi connectivity index (χ1n) is 6.26. The first-order chi connectivity index (χ1) is 8.68. The van der Waals surface area contributed by atoms with Gasteiger partial charge in [0, 0.05) is 13.1 Å². The molecule has 0 aromatic heterocycles. The molecule has 0 unspecified atom stereocenters. The van der Waals surface area contributed by atoms with E-state index in [0.717, 1.165) is 0 Å². The second-order valence-corrected chi connectivity index (χ2v) is 7.40. The van der Waals surface area contributed by atoms with Crippen molar-refractivity contribution in [3.63, 3.8) is 0 Å². The minimum absolute atomic E-state index is 0.0215. The Bertz CT molecular complexity index is 570. The number of aliphatic hydroxyl groups is 1. The molecule has 1 heterocycles. The van der Waals surface area contributed by atoms with Crippen molar-refractivity contribution in [3.05, 3.63) is 23.8 Å². The minimum Gasteiger partial charge on any atom is -0.398 e. The standard InChI is InChI=1S/C13H20N2O3S/c1-9(2)13(16)7-15(8-13)19(17,18)12-10(3)5-4-6-11(12)14/h4-6,9,16H,7-8,14H2,1-3H3. The smallest absolute Gasteiger partial charge is 0.245 e. The van der Waals surface area contributed by atoms with Crippen LogP contribution in [0.1, 0.15) is 19.4 Å². The number of β-amino-alcohol motifs (C(OH)–C–C–N with tert-alkyl or cyclic N) is 1. The average molecular weight is 284 g/mol. The molecule has 1 saturated heterocycles. The lowest BCUT2D eigenvalue weighted by Gasteiger charge is -2.48. The highest BCUT2D eigenvalue weighted by Crippen LogP contribution is 2.35. The highest BCUT2D eigenvalue weighted by Gasteiger charge is 2.49. The lowest BCUT2D eigenvalue weighted by molar-refractivity contribution is -0.0932. The van der Waals surface area contributed by atoms with Gasteiger partial charge >= 0.3 is 0 Å². The van der Waals surface area contributed by atoms with E-state index in [1.807, 2.05) is 13.8 Å². The van der Waals surface area contributed by atoms with Gasteiger partial charge in [0.25, 0.3) is 0 Å². The van der Waals surface area contributed by atoms with E-state index in [9.17, 15) is 13.5 Å². The van der Waals surface area contributed by atoms with Crippen LogP contribution >= 0.6 is 0 Å². The summed E-state index contributed by atoms with van der Waals surface area (Å²) in [6.07, 6.45) is 0. The molecule has 0 aliphatic carbocycles. The molecule has 1 fully saturated rings. The van der Waals surface area contributed by atoms with Gasteiger partial charge in [-0.05, 0) is 24.5 Å². The second kappa shape index (κ2) is 4.47. The van der Waals surface area contributed by atoms with Gasteiger partial charge in [-0.1, -0.05) is 26.0 Å². The average Bonchev–Trinajstić information content (AvgIpc) is 2.23. The van der Waals surface area contributed by atoms with Crippen LogP contribution in [-0.2, 0) is 10.0 Å². The SMILES string of the molecule is Cc1cccc(N)c1S(=O)(=O)N1CC(O)(C(C)C)C1. The van der Waals surface area contributed by atoms with E-state index in [4.69, 9.17) is 5.73 Å². The summed E-state index contributed by atoms with van der Waals surface area (Å²) in [5.74, 6) is 0.0215. The van der Waals surface area contributed by atoms with Gasteiger partial charge in [-0.3, -0.25) is 0 Å². The quantitative estimate of drug-likeness (QED) is 0.810. The van der Waals surface area contributed by atoms with Crippen LogP contribution in [0.25, 0.3) is 0 Å². The summed E-state index contributed by atoms with van der Waals surface area (Å²) < 4.78 is 26.3. The van der Waals surface area contributed by atoms with Crippen LogP contribution < -0.4 is 5.73 Å². The molecule has 0 atom stereocenters. The molecule has 6 heteroatoms. The number of hydrogen-bond donors (Lipinski definition) is 2. The Morgan fingerprint density at radius 3 is 2.42 bits per heavy atom. The number of nitrogen functional groups attached to an aromatic ring is 1. The Morgan fingerprint density at radius 2 is 1.95 bits per heavy atom. The molecule has 19 heavy (non-hydrogen) atoms. The molecule has 1 aliphatic heterocycles. The summed E-state index contributed by atoms with van der Waals surface area (Å²) in [5.41, 5.74) is 5.73. The minimum atomic E-state index is -3.62. The summed E-state index contributed by atoms with van der Waals surface area (Å²) in [6, 6.07) is 5.02. The summed E-state index contributed by atoms with van der Waals surface area (Å²) >= 11 is 0. The van der Waals surface area contributed by atoms with Gasteiger partial charge in [0.2, 0.25) is 10.0 Å². The number of anilines is 1. The Morgan fingerprint density at radius 1 is 1.37 bits per heavy atom. The van der Waals surface area contributed by atoms with Crippen molar-refractivity contribution in [2.45, 2.75) is 31.3 Å². The zero-order chi connectivity index (χ0) is 14.4. The number of rotatable bonds is 3. The van der Waals surface area contributed by atoms with Crippen LogP contribution in [0, 0.1) is 12.8 Å². The van der Waals surface area contributed by atoms with Gasteiger partial charge in [-0.25, -0.2) is 8.42 Å². The predicted octanol–water partition coefficient (Wildman–Crippen LogP) is 0.969. The highest BCUT2D eigenvalue weighted by atomic mass is 32.2. The van der Waals surface area contributed by atoms with Gasteiger partial charge in [-0.15, -0.1) is 0 Å². The van der Waals surface area contributed by atoms with Gasteiger partial charge in [0.05, 0.1) is 11.3 Å². The molecule has 0 amide bonds. The van der Waals surface area contributed by atoms with Crippen LogP contribution in [-0.4, -0.2) is 36.5 Å². The molecule has 106 valence electrons. The Hall–Kier alpha value is -1.11. The third-order valence-electron chi connectivity index (χ3n) is 3.82. The maximum atomic E-state index is 12.5. The number of aryl methyl sites for hydroxylation is 1. The molecule has 2 rings (SSSR count). The summed E-state index contributed by atoms with van der Waals surface area (Å²) in [4.78, 5) is 0.154. The molecule has 0 bridgehead atoms. The first-order valence-corrected chi connectivity index (χ1v) is 7.70. The van der Waals surface area contributed by atoms with Crippen LogP contribution in [0.2, 0.25) is 0 Å². The van der Waals surface area contributed by atoms with E-state index in [1.165, 1.54) is 4.31 Å². The van der Waals surface area contributed by atoms with Crippen LogP contribution in [0.15, 0.2) is 23.1 Å². The molecule has 0 saturated carbocycles. The fourth-order valence-electron chi connectivity index (χ4n) is 2.26. The van der Waals surface area contributed by atoms with Crippen molar-refractivity contribution in [1.29, 1.82) is 0 Å². The normalized spacial score (nSPS) is 19.4.